The molecule has 6 nitrogen and oxygen atoms in total. The van der Waals surface area contributed by atoms with E-state index < -0.39 is 0 Å². The lowest BCUT2D eigenvalue weighted by Crippen LogP contribution is -2.39. The number of benzene rings is 3. The Kier molecular flexibility index (Phi) is 6.45. The minimum atomic E-state index is -0.301. The van der Waals surface area contributed by atoms with Crippen molar-refractivity contribution in [2.24, 2.45) is 4.99 Å². The summed E-state index contributed by atoms with van der Waals surface area (Å²) in [5.74, 6) is 1.94. The van der Waals surface area contributed by atoms with E-state index in [1.54, 1.807) is 21.3 Å². The van der Waals surface area contributed by atoms with Crippen molar-refractivity contribution in [1.29, 1.82) is 0 Å². The Morgan fingerprint density at radius 2 is 1.74 bits per heavy atom. The quantitative estimate of drug-likeness (QED) is 0.325. The summed E-state index contributed by atoms with van der Waals surface area (Å²) < 4.78 is 19.9. The number of nitrogens with zero attached hydrogens (tertiary/aromatic N) is 2. The average Bonchev–Trinajstić information content (AvgIpc) is 3.25. The highest BCUT2D eigenvalue weighted by Gasteiger charge is 2.34. The molecule has 0 saturated heterocycles. The van der Waals surface area contributed by atoms with Crippen LogP contribution in [0.3, 0.4) is 0 Å². The molecule has 1 aromatic heterocycles. The number of aromatic nitrogens is 1. The van der Waals surface area contributed by atoms with Gasteiger partial charge in [0.2, 0.25) is 0 Å². The minimum absolute atomic E-state index is 0.0824. The normalized spacial score (nSPS) is 16.3. The second-order valence-corrected chi connectivity index (χ2v) is 11.0. The van der Waals surface area contributed by atoms with Gasteiger partial charge in [0.05, 0.1) is 42.1 Å². The van der Waals surface area contributed by atoms with Crippen LogP contribution in [0.5, 0.6) is 17.2 Å². The molecule has 6 rings (SSSR count). The third-order valence-electron chi connectivity index (χ3n) is 7.06. The van der Waals surface area contributed by atoms with E-state index in [1.807, 2.05) is 53.1 Å². The van der Waals surface area contributed by atoms with Crippen LogP contribution in [0.4, 0.5) is 0 Å². The molecule has 1 atom stereocenters. The molecule has 0 N–H and O–H groups in total. The minimum Gasteiger partial charge on any atom is -0.496 e. The Bertz CT molecular complexity index is 1790. The Morgan fingerprint density at radius 1 is 0.974 bits per heavy atom. The van der Waals surface area contributed by atoms with Gasteiger partial charge in [-0.2, -0.15) is 0 Å². The summed E-state index contributed by atoms with van der Waals surface area (Å²) in [6, 6.07) is 19.8. The van der Waals surface area contributed by atoms with Crippen molar-refractivity contribution in [1.82, 2.24) is 4.57 Å². The number of allylic oxidation sites excluding steroid dienone is 1. The molecular weight excluding hydrogens is 564 g/mol. The van der Waals surface area contributed by atoms with Gasteiger partial charge in [0.15, 0.2) is 16.3 Å². The SMILES string of the molecule is COc1ccccc1[C@@H]1C2=C(N=c3s/c(=C/c4cc(Br)c(OC)c(OC)c4)c(=O)n31)c1ccccc1CC2. The maximum Gasteiger partial charge on any atom is 0.271 e. The smallest absolute Gasteiger partial charge is 0.271 e. The van der Waals surface area contributed by atoms with E-state index in [9.17, 15) is 4.79 Å². The number of rotatable bonds is 5. The number of hydrogen-bond acceptors (Lipinski definition) is 6. The molecule has 0 fully saturated rings. The van der Waals surface area contributed by atoms with Crippen molar-refractivity contribution in [2.75, 3.05) is 21.3 Å². The van der Waals surface area contributed by atoms with E-state index in [2.05, 4.69) is 34.1 Å². The van der Waals surface area contributed by atoms with Crippen molar-refractivity contribution in [3.8, 4) is 17.2 Å². The zero-order chi connectivity index (χ0) is 26.4. The predicted octanol–water partition coefficient (Wildman–Crippen LogP) is 5.11. The van der Waals surface area contributed by atoms with E-state index in [0.29, 0.717) is 20.8 Å². The summed E-state index contributed by atoms with van der Waals surface area (Å²) >= 11 is 4.95. The highest BCUT2D eigenvalue weighted by Crippen LogP contribution is 2.43. The number of thiazole rings is 1. The molecule has 0 amide bonds. The summed E-state index contributed by atoms with van der Waals surface area (Å²) in [7, 11) is 4.86. The average molecular weight is 590 g/mol. The number of ether oxygens (including phenoxy) is 3. The molecule has 2 heterocycles. The first-order valence-electron chi connectivity index (χ1n) is 12.2. The van der Waals surface area contributed by atoms with Crippen molar-refractivity contribution < 1.29 is 14.2 Å². The molecular formula is C30H25BrN2O4S. The summed E-state index contributed by atoms with van der Waals surface area (Å²) in [6.45, 7) is 0. The second kappa shape index (κ2) is 9.93. The standard InChI is InChI=1S/C30H25BrN2O4S/c1-35-23-11-7-6-10-20(23)27-21-13-12-18-8-4-5-9-19(18)26(21)32-30-33(27)29(34)25(38-30)16-17-14-22(31)28(37-3)24(15-17)36-2/h4-11,14-16,27H,12-13H2,1-3H3/b25-16+/t27-/m1/s1. The monoisotopic (exact) mass is 588 g/mol. The number of aryl methyl sites for hydroxylation is 1. The first kappa shape index (κ1) is 24.7. The van der Waals surface area contributed by atoms with Crippen molar-refractivity contribution in [3.63, 3.8) is 0 Å². The Balaban J connectivity index is 1.62. The van der Waals surface area contributed by atoms with Gasteiger partial charge in [-0.05, 0) is 69.7 Å². The number of hydrogen-bond donors (Lipinski definition) is 0. The summed E-state index contributed by atoms with van der Waals surface area (Å²) in [6.07, 6.45) is 3.61. The van der Waals surface area contributed by atoms with Crippen LogP contribution < -0.4 is 29.1 Å². The molecule has 0 spiro atoms. The van der Waals surface area contributed by atoms with Gasteiger partial charge in [-0.25, -0.2) is 4.99 Å². The van der Waals surface area contributed by atoms with E-state index in [-0.39, 0.29) is 11.6 Å². The van der Waals surface area contributed by atoms with Gasteiger partial charge in [0.25, 0.3) is 5.56 Å². The maximum atomic E-state index is 14.0. The second-order valence-electron chi connectivity index (χ2n) is 9.09. The number of para-hydroxylation sites is 1. The zero-order valence-corrected chi connectivity index (χ0v) is 23.6. The number of methoxy groups -OCH3 is 3. The fourth-order valence-electron chi connectivity index (χ4n) is 5.36. The van der Waals surface area contributed by atoms with Gasteiger partial charge in [-0.1, -0.05) is 53.8 Å². The summed E-state index contributed by atoms with van der Waals surface area (Å²) in [4.78, 5) is 19.8. The molecule has 1 aliphatic heterocycles. The topological polar surface area (TPSA) is 62.0 Å². The fraction of sp³-hybridized carbons (Fsp3) is 0.200. The number of fused-ring (bicyclic) bond motifs is 3. The van der Waals surface area contributed by atoms with Crippen molar-refractivity contribution >= 4 is 39.0 Å². The van der Waals surface area contributed by atoms with Gasteiger partial charge in [-0.15, -0.1) is 0 Å². The first-order chi connectivity index (χ1) is 18.5. The van der Waals surface area contributed by atoms with Crippen LogP contribution in [0.25, 0.3) is 11.8 Å². The van der Waals surface area contributed by atoms with Crippen LogP contribution in [-0.4, -0.2) is 25.9 Å². The Morgan fingerprint density at radius 3 is 2.53 bits per heavy atom. The highest BCUT2D eigenvalue weighted by atomic mass is 79.9. The molecule has 4 aromatic rings. The van der Waals surface area contributed by atoms with E-state index in [1.165, 1.54) is 16.9 Å². The molecule has 0 unspecified atom stereocenters. The molecule has 1 aliphatic carbocycles. The lowest BCUT2D eigenvalue weighted by molar-refractivity contribution is 0.353. The third-order valence-corrected chi connectivity index (χ3v) is 8.63. The van der Waals surface area contributed by atoms with Crippen LogP contribution in [0, 0.1) is 0 Å². The Hall–Kier alpha value is -3.62. The van der Waals surface area contributed by atoms with Crippen molar-refractivity contribution in [3.05, 3.63) is 113 Å². The lowest BCUT2D eigenvalue weighted by atomic mass is 9.83. The largest absolute Gasteiger partial charge is 0.496 e. The Labute approximate surface area is 232 Å². The van der Waals surface area contributed by atoms with Crippen LogP contribution in [0.2, 0.25) is 0 Å². The van der Waals surface area contributed by atoms with E-state index in [0.717, 1.165) is 51.0 Å². The number of halogens is 1. The van der Waals surface area contributed by atoms with Crippen LogP contribution in [0.15, 0.2) is 80.5 Å². The van der Waals surface area contributed by atoms with Crippen molar-refractivity contribution in [2.45, 2.75) is 18.9 Å². The van der Waals surface area contributed by atoms with E-state index >= 15 is 0 Å². The molecule has 38 heavy (non-hydrogen) atoms. The molecule has 0 bridgehead atoms. The van der Waals surface area contributed by atoms with Gasteiger partial charge >= 0.3 is 0 Å². The molecule has 0 saturated carbocycles. The fourth-order valence-corrected chi connectivity index (χ4v) is 6.99. The summed E-state index contributed by atoms with van der Waals surface area (Å²) in [5.41, 5.74) is 6.21. The lowest BCUT2D eigenvalue weighted by Gasteiger charge is -2.31. The van der Waals surface area contributed by atoms with Gasteiger partial charge < -0.3 is 14.2 Å². The highest BCUT2D eigenvalue weighted by molar-refractivity contribution is 9.10. The van der Waals surface area contributed by atoms with Crippen LogP contribution in [0.1, 0.15) is 34.7 Å². The molecule has 0 radical (unpaired) electrons. The molecule has 3 aromatic carbocycles. The molecule has 2 aliphatic rings. The van der Waals surface area contributed by atoms with E-state index in [4.69, 9.17) is 19.2 Å². The first-order valence-corrected chi connectivity index (χ1v) is 13.8. The molecule has 8 heteroatoms. The van der Waals surface area contributed by atoms with Gasteiger partial charge in [0.1, 0.15) is 5.75 Å². The summed E-state index contributed by atoms with van der Waals surface area (Å²) in [5, 5.41) is 0. The molecule has 192 valence electrons. The van der Waals surface area contributed by atoms with Crippen LogP contribution >= 0.6 is 27.3 Å². The van der Waals surface area contributed by atoms with Gasteiger partial charge in [0, 0.05) is 11.1 Å². The maximum absolute atomic E-state index is 14.0. The van der Waals surface area contributed by atoms with Gasteiger partial charge in [-0.3, -0.25) is 9.36 Å². The predicted molar refractivity (Wildman–Crippen MR) is 153 cm³/mol. The third kappa shape index (κ3) is 3.99. The van der Waals surface area contributed by atoms with Crippen LogP contribution in [-0.2, 0) is 6.42 Å². The zero-order valence-electron chi connectivity index (χ0n) is 21.2.